The third-order valence-electron chi connectivity index (χ3n) is 3.96. The van der Waals surface area contributed by atoms with E-state index in [-0.39, 0.29) is 5.92 Å². The van der Waals surface area contributed by atoms with Crippen LogP contribution in [0.25, 0.3) is 10.8 Å². The summed E-state index contributed by atoms with van der Waals surface area (Å²) in [7, 11) is 0. The second-order valence-corrected chi connectivity index (χ2v) is 5.16. The molecule has 1 atom stereocenters. The zero-order chi connectivity index (χ0) is 13.4. The highest BCUT2D eigenvalue weighted by atomic mass is 16.3. The van der Waals surface area contributed by atoms with Gasteiger partial charge in [0.1, 0.15) is 11.5 Å². The summed E-state index contributed by atoms with van der Waals surface area (Å²) in [6.07, 6.45) is 6.99. The van der Waals surface area contributed by atoms with E-state index in [1.54, 1.807) is 0 Å². The third-order valence-corrected chi connectivity index (χ3v) is 3.96. The van der Waals surface area contributed by atoms with Gasteiger partial charge in [-0.05, 0) is 12.8 Å². The summed E-state index contributed by atoms with van der Waals surface area (Å²) in [6.45, 7) is 2.14. The fourth-order valence-electron chi connectivity index (χ4n) is 3.08. The van der Waals surface area contributed by atoms with Crippen molar-refractivity contribution in [3.8, 4) is 11.5 Å². The lowest BCUT2D eigenvalue weighted by atomic mass is 9.82. The molecule has 1 unspecified atom stereocenters. The van der Waals surface area contributed by atoms with Crippen LogP contribution < -0.4 is 0 Å². The van der Waals surface area contributed by atoms with E-state index >= 15 is 0 Å². The first-order valence-corrected chi connectivity index (χ1v) is 6.86. The predicted molar refractivity (Wildman–Crippen MR) is 77.8 cm³/mol. The van der Waals surface area contributed by atoms with Crippen LogP contribution in [-0.2, 0) is 6.42 Å². The minimum atomic E-state index is 0.212. The molecule has 2 nitrogen and oxygen atoms in total. The Morgan fingerprint density at radius 1 is 1.11 bits per heavy atom. The van der Waals surface area contributed by atoms with Crippen LogP contribution >= 0.6 is 0 Å². The van der Waals surface area contributed by atoms with Crippen LogP contribution in [0, 0.1) is 0 Å². The maximum Gasteiger partial charge on any atom is 0.127 e. The Morgan fingerprint density at radius 2 is 1.79 bits per heavy atom. The molecule has 0 heterocycles. The summed E-state index contributed by atoms with van der Waals surface area (Å²) in [5, 5.41) is 22.5. The van der Waals surface area contributed by atoms with Crippen molar-refractivity contribution < 1.29 is 10.2 Å². The zero-order valence-electron chi connectivity index (χ0n) is 11.1. The van der Waals surface area contributed by atoms with Gasteiger partial charge in [-0.1, -0.05) is 49.8 Å². The normalized spacial score (nSPS) is 17.6. The summed E-state index contributed by atoms with van der Waals surface area (Å²) >= 11 is 0. The number of aromatic hydroxyl groups is 2. The van der Waals surface area contributed by atoms with Gasteiger partial charge in [-0.2, -0.15) is 0 Å². The number of rotatable bonds is 2. The Hall–Kier alpha value is -1.96. The Morgan fingerprint density at radius 3 is 2.47 bits per heavy atom. The number of benzene rings is 2. The first-order chi connectivity index (χ1) is 9.24. The second kappa shape index (κ2) is 4.61. The Kier molecular flexibility index (Phi) is 2.94. The van der Waals surface area contributed by atoms with E-state index in [1.807, 2.05) is 24.3 Å². The average molecular weight is 254 g/mol. The Labute approximate surface area is 113 Å². The van der Waals surface area contributed by atoms with E-state index in [0.29, 0.717) is 17.9 Å². The second-order valence-electron chi connectivity index (χ2n) is 5.16. The van der Waals surface area contributed by atoms with Crippen molar-refractivity contribution in [2.45, 2.75) is 32.1 Å². The standard InChI is InChI=1S/C17H18O2/c1-2-6-11-7-5-10-14-15(11)17(19)13-9-4-3-8-12(13)16(14)18/h3-5,7-9,11,18-19H,2,6,10H2,1H3. The molecule has 2 N–H and O–H groups in total. The van der Waals surface area contributed by atoms with Crippen molar-refractivity contribution in [2.24, 2.45) is 0 Å². The lowest BCUT2D eigenvalue weighted by molar-refractivity contribution is 0.453. The molecule has 3 rings (SSSR count). The molecule has 1 aliphatic rings. The summed E-state index contributed by atoms with van der Waals surface area (Å²) < 4.78 is 0. The number of phenolic OH excluding ortho intramolecular Hbond substituents is 2. The fourth-order valence-corrected chi connectivity index (χ4v) is 3.08. The highest BCUT2D eigenvalue weighted by Crippen LogP contribution is 2.46. The molecule has 2 aromatic carbocycles. The van der Waals surface area contributed by atoms with Gasteiger partial charge < -0.3 is 10.2 Å². The highest BCUT2D eigenvalue weighted by Gasteiger charge is 2.24. The van der Waals surface area contributed by atoms with Gasteiger partial charge in [0, 0.05) is 27.8 Å². The quantitative estimate of drug-likeness (QED) is 0.621. The molecular weight excluding hydrogens is 236 g/mol. The molecule has 0 saturated carbocycles. The maximum absolute atomic E-state index is 10.6. The van der Waals surface area contributed by atoms with Gasteiger partial charge in [0.05, 0.1) is 0 Å². The molecule has 1 aliphatic carbocycles. The van der Waals surface area contributed by atoms with Crippen molar-refractivity contribution in [2.75, 3.05) is 0 Å². The number of allylic oxidation sites excluding steroid dienone is 2. The minimum absolute atomic E-state index is 0.212. The molecule has 0 aromatic heterocycles. The van der Waals surface area contributed by atoms with Crippen molar-refractivity contribution in [3.63, 3.8) is 0 Å². The summed E-state index contributed by atoms with van der Waals surface area (Å²) in [4.78, 5) is 0. The van der Waals surface area contributed by atoms with Gasteiger partial charge in [-0.25, -0.2) is 0 Å². The van der Waals surface area contributed by atoms with Crippen LogP contribution in [0.15, 0.2) is 36.4 Å². The lowest BCUT2D eigenvalue weighted by Crippen LogP contribution is -2.06. The van der Waals surface area contributed by atoms with Gasteiger partial charge in [-0.3, -0.25) is 0 Å². The molecule has 0 amide bonds. The highest BCUT2D eigenvalue weighted by molar-refractivity contribution is 5.96. The van der Waals surface area contributed by atoms with Crippen molar-refractivity contribution >= 4 is 10.8 Å². The molecule has 0 aliphatic heterocycles. The summed E-state index contributed by atoms with van der Waals surface area (Å²) in [5.74, 6) is 0.879. The Balaban J connectivity index is 2.32. The van der Waals surface area contributed by atoms with Crippen molar-refractivity contribution in [1.82, 2.24) is 0 Å². The maximum atomic E-state index is 10.6. The number of fused-ring (bicyclic) bond motifs is 2. The fraction of sp³-hybridized carbons (Fsp3) is 0.294. The van der Waals surface area contributed by atoms with Gasteiger partial charge in [-0.15, -0.1) is 0 Å². The van der Waals surface area contributed by atoms with E-state index in [9.17, 15) is 10.2 Å². The molecule has 0 spiro atoms. The molecule has 98 valence electrons. The van der Waals surface area contributed by atoms with Crippen LogP contribution in [0.1, 0.15) is 36.8 Å². The third kappa shape index (κ3) is 1.79. The molecule has 0 bridgehead atoms. The van der Waals surface area contributed by atoms with Crippen molar-refractivity contribution in [3.05, 3.63) is 47.5 Å². The predicted octanol–water partition coefficient (Wildman–Crippen LogP) is 4.25. The number of phenols is 2. The van der Waals surface area contributed by atoms with Crippen LogP contribution in [0.3, 0.4) is 0 Å². The minimum Gasteiger partial charge on any atom is -0.507 e. The van der Waals surface area contributed by atoms with Crippen LogP contribution in [0.4, 0.5) is 0 Å². The van der Waals surface area contributed by atoms with Gasteiger partial charge >= 0.3 is 0 Å². The van der Waals surface area contributed by atoms with E-state index in [2.05, 4.69) is 19.1 Å². The van der Waals surface area contributed by atoms with Crippen molar-refractivity contribution in [1.29, 1.82) is 0 Å². The molecule has 0 saturated heterocycles. The first kappa shape index (κ1) is 12.1. The lowest BCUT2D eigenvalue weighted by Gasteiger charge is -2.24. The molecular formula is C17H18O2. The van der Waals surface area contributed by atoms with E-state index in [1.165, 1.54) is 0 Å². The first-order valence-electron chi connectivity index (χ1n) is 6.86. The van der Waals surface area contributed by atoms with E-state index < -0.39 is 0 Å². The van der Waals surface area contributed by atoms with Crippen LogP contribution in [0.5, 0.6) is 11.5 Å². The number of hydrogen-bond acceptors (Lipinski definition) is 2. The SMILES string of the molecule is CCCC1C=CCc2c1c(O)c1ccccc1c2O. The average Bonchev–Trinajstić information content (AvgIpc) is 2.45. The Bertz CT molecular complexity index is 656. The smallest absolute Gasteiger partial charge is 0.127 e. The summed E-state index contributed by atoms with van der Waals surface area (Å²) in [5.41, 5.74) is 1.80. The van der Waals surface area contributed by atoms with Crippen LogP contribution in [-0.4, -0.2) is 10.2 Å². The molecule has 19 heavy (non-hydrogen) atoms. The molecule has 0 radical (unpaired) electrons. The van der Waals surface area contributed by atoms with Gasteiger partial charge in [0.2, 0.25) is 0 Å². The molecule has 0 fully saturated rings. The largest absolute Gasteiger partial charge is 0.507 e. The van der Waals surface area contributed by atoms with Gasteiger partial charge in [0.15, 0.2) is 0 Å². The van der Waals surface area contributed by atoms with E-state index in [0.717, 1.165) is 34.7 Å². The van der Waals surface area contributed by atoms with Crippen LogP contribution in [0.2, 0.25) is 0 Å². The van der Waals surface area contributed by atoms with E-state index in [4.69, 9.17) is 0 Å². The number of hydrogen-bond donors (Lipinski definition) is 2. The molecule has 2 heteroatoms. The zero-order valence-corrected chi connectivity index (χ0v) is 11.1. The topological polar surface area (TPSA) is 40.5 Å². The monoisotopic (exact) mass is 254 g/mol. The van der Waals surface area contributed by atoms with Gasteiger partial charge in [0.25, 0.3) is 0 Å². The summed E-state index contributed by atoms with van der Waals surface area (Å²) in [6, 6.07) is 7.50. The molecule has 2 aromatic rings.